The van der Waals surface area contributed by atoms with Gasteiger partial charge in [-0.1, -0.05) is 18.2 Å². The lowest BCUT2D eigenvalue weighted by molar-refractivity contribution is -0.421. The minimum Gasteiger partial charge on any atom is -0.550 e. The van der Waals surface area contributed by atoms with Gasteiger partial charge in [-0.2, -0.15) is 0 Å². The second kappa shape index (κ2) is 5.23. The van der Waals surface area contributed by atoms with Gasteiger partial charge in [0.15, 0.2) is 0 Å². The smallest absolute Gasteiger partial charge is 0.0888 e. The Labute approximate surface area is 106 Å². The monoisotopic (exact) mass is 246 g/mol. The van der Waals surface area contributed by atoms with Crippen LogP contribution in [0, 0.1) is 0 Å². The SMILES string of the molecule is Cn1cc(C[C@H]([NH3+])CCC(=O)[O-])c2ccccc21. The fraction of sp³-hybridized carbons (Fsp3) is 0.357. The molecule has 0 bridgehead atoms. The van der Waals surface area contributed by atoms with Crippen LogP contribution in [0.3, 0.4) is 0 Å². The van der Waals surface area contributed by atoms with Gasteiger partial charge in [0.05, 0.1) is 6.04 Å². The molecule has 1 aromatic carbocycles. The van der Waals surface area contributed by atoms with E-state index in [2.05, 4.69) is 28.6 Å². The number of quaternary nitrogens is 1. The lowest BCUT2D eigenvalue weighted by Crippen LogP contribution is -2.62. The molecule has 1 heterocycles. The van der Waals surface area contributed by atoms with Crippen molar-refractivity contribution in [3.8, 4) is 0 Å². The van der Waals surface area contributed by atoms with E-state index >= 15 is 0 Å². The van der Waals surface area contributed by atoms with Gasteiger partial charge in [0.1, 0.15) is 0 Å². The molecule has 0 fully saturated rings. The first-order valence-electron chi connectivity index (χ1n) is 6.14. The number of carbonyl (C=O) groups excluding carboxylic acids is 1. The second-order valence-corrected chi connectivity index (χ2v) is 4.76. The zero-order chi connectivity index (χ0) is 13.1. The van der Waals surface area contributed by atoms with Crippen molar-refractivity contribution in [2.24, 2.45) is 7.05 Å². The van der Waals surface area contributed by atoms with Gasteiger partial charge in [0.2, 0.25) is 0 Å². The van der Waals surface area contributed by atoms with Crippen LogP contribution in [0.5, 0.6) is 0 Å². The van der Waals surface area contributed by atoms with Crippen LogP contribution < -0.4 is 10.8 Å². The lowest BCUT2D eigenvalue weighted by Gasteiger charge is -2.08. The van der Waals surface area contributed by atoms with Crippen molar-refractivity contribution in [2.45, 2.75) is 25.3 Å². The molecule has 0 spiro atoms. The Morgan fingerprint density at radius 2 is 2.17 bits per heavy atom. The molecule has 0 unspecified atom stereocenters. The molecule has 0 saturated heterocycles. The molecule has 18 heavy (non-hydrogen) atoms. The summed E-state index contributed by atoms with van der Waals surface area (Å²) in [7, 11) is 2.02. The third kappa shape index (κ3) is 2.71. The summed E-state index contributed by atoms with van der Waals surface area (Å²) in [5.41, 5.74) is 6.44. The van der Waals surface area contributed by atoms with Gasteiger partial charge < -0.3 is 20.2 Å². The highest BCUT2D eigenvalue weighted by Gasteiger charge is 2.12. The molecule has 2 rings (SSSR count). The Morgan fingerprint density at radius 3 is 2.89 bits per heavy atom. The highest BCUT2D eigenvalue weighted by molar-refractivity contribution is 5.83. The first kappa shape index (κ1) is 12.6. The molecule has 2 aromatic rings. The number of aliphatic carboxylic acids is 1. The maximum Gasteiger partial charge on any atom is 0.0888 e. The van der Waals surface area contributed by atoms with E-state index in [0.29, 0.717) is 6.42 Å². The summed E-state index contributed by atoms with van der Waals surface area (Å²) in [5.74, 6) is -0.999. The highest BCUT2D eigenvalue weighted by atomic mass is 16.4. The molecule has 1 atom stereocenters. The van der Waals surface area contributed by atoms with E-state index in [4.69, 9.17) is 0 Å². The van der Waals surface area contributed by atoms with E-state index in [-0.39, 0.29) is 12.5 Å². The number of carboxylic acid groups (broad SMARTS) is 1. The van der Waals surface area contributed by atoms with Gasteiger partial charge in [-0.25, -0.2) is 0 Å². The van der Waals surface area contributed by atoms with E-state index < -0.39 is 5.97 Å². The molecule has 4 nitrogen and oxygen atoms in total. The van der Waals surface area contributed by atoms with Crippen LogP contribution in [0.1, 0.15) is 18.4 Å². The first-order valence-corrected chi connectivity index (χ1v) is 6.14. The number of para-hydroxylation sites is 1. The van der Waals surface area contributed by atoms with Crippen LogP contribution in [-0.4, -0.2) is 16.6 Å². The quantitative estimate of drug-likeness (QED) is 0.797. The minimum atomic E-state index is -0.999. The van der Waals surface area contributed by atoms with Crippen LogP contribution >= 0.6 is 0 Å². The molecular formula is C14H18N2O2. The van der Waals surface area contributed by atoms with Crippen LogP contribution in [0.4, 0.5) is 0 Å². The van der Waals surface area contributed by atoms with Crippen LogP contribution in [0.2, 0.25) is 0 Å². The fourth-order valence-electron chi connectivity index (χ4n) is 2.32. The number of carboxylic acids is 1. The molecular weight excluding hydrogens is 228 g/mol. The predicted molar refractivity (Wildman–Crippen MR) is 67.5 cm³/mol. The molecule has 0 aliphatic heterocycles. The molecule has 0 amide bonds. The van der Waals surface area contributed by atoms with Crippen molar-refractivity contribution >= 4 is 16.9 Å². The number of fused-ring (bicyclic) bond motifs is 1. The topological polar surface area (TPSA) is 72.7 Å². The average Bonchev–Trinajstić information content (AvgIpc) is 2.65. The van der Waals surface area contributed by atoms with Gasteiger partial charge in [-0.15, -0.1) is 0 Å². The molecule has 0 aliphatic carbocycles. The molecule has 1 aromatic heterocycles. The van der Waals surface area contributed by atoms with Crippen molar-refractivity contribution in [3.63, 3.8) is 0 Å². The number of benzene rings is 1. The maximum atomic E-state index is 10.4. The number of rotatable bonds is 5. The third-order valence-electron chi connectivity index (χ3n) is 3.24. The van der Waals surface area contributed by atoms with Crippen molar-refractivity contribution in [1.29, 1.82) is 0 Å². The van der Waals surface area contributed by atoms with Crippen molar-refractivity contribution in [1.82, 2.24) is 4.57 Å². The predicted octanol–water partition coefficient (Wildman–Crippen LogP) is -0.139. The first-order chi connectivity index (χ1) is 8.58. The Balaban J connectivity index is 2.14. The molecule has 3 N–H and O–H groups in total. The summed E-state index contributed by atoms with van der Waals surface area (Å²) in [6.07, 6.45) is 3.54. The number of hydrogen-bond donors (Lipinski definition) is 1. The van der Waals surface area contributed by atoms with E-state index in [1.807, 2.05) is 19.2 Å². The zero-order valence-electron chi connectivity index (χ0n) is 10.6. The summed E-state index contributed by atoms with van der Waals surface area (Å²) >= 11 is 0. The number of hydrogen-bond acceptors (Lipinski definition) is 2. The van der Waals surface area contributed by atoms with Crippen LogP contribution in [0.25, 0.3) is 10.9 Å². The molecule has 4 heteroatoms. The van der Waals surface area contributed by atoms with Crippen molar-refractivity contribution < 1.29 is 15.6 Å². The summed E-state index contributed by atoms with van der Waals surface area (Å²) in [6.45, 7) is 0. The fourth-order valence-corrected chi connectivity index (χ4v) is 2.32. The Hall–Kier alpha value is -1.81. The van der Waals surface area contributed by atoms with Gasteiger partial charge in [-0.3, -0.25) is 0 Å². The Bertz CT molecular complexity index is 560. The van der Waals surface area contributed by atoms with Crippen LogP contribution in [0.15, 0.2) is 30.5 Å². The molecule has 0 aliphatic rings. The normalized spacial score (nSPS) is 12.8. The molecule has 96 valence electrons. The number of nitrogens with zero attached hydrogens (tertiary/aromatic N) is 1. The van der Waals surface area contributed by atoms with Crippen molar-refractivity contribution in [3.05, 3.63) is 36.0 Å². The van der Waals surface area contributed by atoms with E-state index in [1.54, 1.807) is 0 Å². The largest absolute Gasteiger partial charge is 0.550 e. The number of carbonyl (C=O) groups is 1. The second-order valence-electron chi connectivity index (χ2n) is 4.76. The molecule has 0 radical (unpaired) electrons. The van der Waals surface area contributed by atoms with Gasteiger partial charge in [0.25, 0.3) is 0 Å². The maximum absolute atomic E-state index is 10.4. The lowest BCUT2D eigenvalue weighted by atomic mass is 10.0. The van der Waals surface area contributed by atoms with E-state index in [0.717, 1.165) is 6.42 Å². The Kier molecular flexibility index (Phi) is 3.67. The van der Waals surface area contributed by atoms with Crippen molar-refractivity contribution in [2.75, 3.05) is 0 Å². The summed E-state index contributed by atoms with van der Waals surface area (Å²) < 4.78 is 2.09. The average molecular weight is 246 g/mol. The minimum absolute atomic E-state index is 0.0823. The zero-order valence-corrected chi connectivity index (χ0v) is 10.6. The summed E-state index contributed by atoms with van der Waals surface area (Å²) in [5, 5.41) is 11.7. The van der Waals surface area contributed by atoms with Gasteiger partial charge >= 0.3 is 0 Å². The third-order valence-corrected chi connectivity index (χ3v) is 3.24. The standard InChI is InChI=1S/C14H18N2O2/c1-16-9-10(8-11(15)6-7-14(17)18)12-4-2-3-5-13(12)16/h2-5,9,11H,6-8,15H2,1H3,(H,17,18)/t11-/m1/s1. The Morgan fingerprint density at radius 1 is 1.44 bits per heavy atom. The van der Waals surface area contributed by atoms with E-state index in [9.17, 15) is 9.90 Å². The summed E-state index contributed by atoms with van der Waals surface area (Å²) in [4.78, 5) is 10.4. The van der Waals surface area contributed by atoms with Gasteiger partial charge in [0, 0.05) is 43.0 Å². The summed E-state index contributed by atoms with van der Waals surface area (Å²) in [6, 6.07) is 8.32. The number of aromatic nitrogens is 1. The van der Waals surface area contributed by atoms with E-state index in [1.165, 1.54) is 16.5 Å². The number of aryl methyl sites for hydroxylation is 1. The van der Waals surface area contributed by atoms with Crippen LogP contribution in [-0.2, 0) is 18.3 Å². The van der Waals surface area contributed by atoms with Gasteiger partial charge in [-0.05, 0) is 18.1 Å². The highest BCUT2D eigenvalue weighted by Crippen LogP contribution is 2.21. The molecule has 0 saturated carbocycles.